The minimum atomic E-state index is -0.754. The van der Waals surface area contributed by atoms with E-state index in [2.05, 4.69) is 5.32 Å². The molecule has 162 valence electrons. The van der Waals surface area contributed by atoms with Gasteiger partial charge in [0.25, 0.3) is 5.91 Å². The number of benzene rings is 2. The van der Waals surface area contributed by atoms with Crippen LogP contribution in [0.25, 0.3) is 11.0 Å². The highest BCUT2D eigenvalue weighted by molar-refractivity contribution is 5.97. The van der Waals surface area contributed by atoms with Gasteiger partial charge in [0.15, 0.2) is 6.61 Å². The lowest BCUT2D eigenvalue weighted by Crippen LogP contribution is -2.34. The van der Waals surface area contributed by atoms with Gasteiger partial charge in [-0.15, -0.1) is 0 Å². The van der Waals surface area contributed by atoms with Crippen LogP contribution in [0, 0.1) is 0 Å². The molecule has 7 nitrogen and oxygen atoms in total. The first-order valence-corrected chi connectivity index (χ1v) is 10.2. The number of nitrogens with one attached hydrogen (secondary N) is 1. The summed E-state index contributed by atoms with van der Waals surface area (Å²) in [6, 6.07) is 13.5. The lowest BCUT2D eigenvalue weighted by atomic mass is 10.1. The highest BCUT2D eigenvalue weighted by Crippen LogP contribution is 2.21. The Morgan fingerprint density at radius 2 is 1.87 bits per heavy atom. The van der Waals surface area contributed by atoms with E-state index in [9.17, 15) is 14.4 Å². The van der Waals surface area contributed by atoms with Crippen LogP contribution in [-0.4, -0.2) is 24.5 Å². The van der Waals surface area contributed by atoms with Gasteiger partial charge in [-0.25, -0.2) is 9.59 Å². The quantitative estimate of drug-likeness (QED) is 0.336. The van der Waals surface area contributed by atoms with E-state index in [4.69, 9.17) is 13.9 Å². The number of ether oxygens (including phenoxy) is 2. The lowest BCUT2D eigenvalue weighted by Gasteiger charge is -2.11. The van der Waals surface area contributed by atoms with Crippen molar-refractivity contribution in [3.05, 3.63) is 70.1 Å². The third-order valence-corrected chi connectivity index (χ3v) is 4.84. The van der Waals surface area contributed by atoms with E-state index in [1.807, 2.05) is 39.0 Å². The average Bonchev–Trinajstić information content (AvgIpc) is 2.77. The van der Waals surface area contributed by atoms with Crippen LogP contribution in [-0.2, 0) is 11.2 Å². The molecule has 3 aromatic rings. The summed E-state index contributed by atoms with van der Waals surface area (Å²) in [6.07, 6.45) is 1.61. The van der Waals surface area contributed by atoms with Gasteiger partial charge in [-0.2, -0.15) is 0 Å². The van der Waals surface area contributed by atoms with Crippen molar-refractivity contribution in [1.29, 1.82) is 0 Å². The molecule has 0 aliphatic rings. The first-order valence-electron chi connectivity index (χ1n) is 10.2. The topological polar surface area (TPSA) is 94.8 Å². The normalized spacial score (nSPS) is 11.7. The highest BCUT2D eigenvalue weighted by Gasteiger charge is 2.16. The SMILES string of the molecule is CCc1cccc(OCC(=O)Oc2ccc3cc(C(=O)NC(C)CC)c(=O)oc3c2)c1. The number of hydrogen-bond acceptors (Lipinski definition) is 6. The van der Waals surface area contributed by atoms with E-state index in [-0.39, 0.29) is 29.5 Å². The van der Waals surface area contributed by atoms with E-state index in [1.54, 1.807) is 18.2 Å². The van der Waals surface area contributed by atoms with Crippen molar-refractivity contribution in [2.24, 2.45) is 0 Å². The number of esters is 1. The maximum Gasteiger partial charge on any atom is 0.349 e. The molecular weight excluding hydrogens is 398 g/mol. The van der Waals surface area contributed by atoms with Crippen molar-refractivity contribution >= 4 is 22.8 Å². The predicted octanol–water partition coefficient (Wildman–Crippen LogP) is 3.87. The number of fused-ring (bicyclic) bond motifs is 1. The molecule has 1 N–H and O–H groups in total. The Bertz CT molecular complexity index is 1150. The molecule has 1 atom stereocenters. The summed E-state index contributed by atoms with van der Waals surface area (Å²) in [5.74, 6) is -0.273. The van der Waals surface area contributed by atoms with Crippen LogP contribution >= 0.6 is 0 Å². The van der Waals surface area contributed by atoms with Crippen LogP contribution in [0.15, 0.2) is 57.7 Å². The zero-order chi connectivity index (χ0) is 22.4. The van der Waals surface area contributed by atoms with Crippen molar-refractivity contribution in [3.63, 3.8) is 0 Å². The summed E-state index contributed by atoms with van der Waals surface area (Å²) in [4.78, 5) is 36.6. The van der Waals surface area contributed by atoms with Crippen LogP contribution < -0.4 is 20.4 Å². The van der Waals surface area contributed by atoms with Gasteiger partial charge in [-0.05, 0) is 55.7 Å². The first-order chi connectivity index (χ1) is 14.9. The van der Waals surface area contributed by atoms with Crippen molar-refractivity contribution in [1.82, 2.24) is 5.32 Å². The molecule has 3 rings (SSSR count). The molecule has 0 fully saturated rings. The van der Waals surface area contributed by atoms with Crippen LogP contribution in [0.5, 0.6) is 11.5 Å². The minimum Gasteiger partial charge on any atom is -0.482 e. The number of carbonyl (C=O) groups excluding carboxylic acids is 2. The number of amides is 1. The van der Waals surface area contributed by atoms with Crippen LogP contribution in [0.1, 0.15) is 43.1 Å². The second-order valence-electron chi connectivity index (χ2n) is 7.19. The van der Waals surface area contributed by atoms with Gasteiger partial charge in [0.05, 0.1) is 0 Å². The number of hydrogen-bond donors (Lipinski definition) is 1. The fourth-order valence-corrected chi connectivity index (χ4v) is 2.88. The Balaban J connectivity index is 1.69. The predicted molar refractivity (Wildman–Crippen MR) is 117 cm³/mol. The first kappa shape index (κ1) is 22.1. The molecule has 1 amide bonds. The van der Waals surface area contributed by atoms with Gasteiger partial charge < -0.3 is 19.2 Å². The second-order valence-corrected chi connectivity index (χ2v) is 7.19. The standard InChI is InChI=1S/C24H25NO6/c1-4-15(3)25-23(27)20-12-17-9-10-19(13-21(17)31-24(20)28)30-22(26)14-29-18-8-6-7-16(5-2)11-18/h6-13,15H,4-5,14H2,1-3H3,(H,25,27). The molecule has 1 aromatic heterocycles. The van der Waals surface area contributed by atoms with Crippen LogP contribution in [0.2, 0.25) is 0 Å². The van der Waals surface area contributed by atoms with Crippen molar-refractivity contribution < 1.29 is 23.5 Å². The van der Waals surface area contributed by atoms with Gasteiger partial charge in [-0.1, -0.05) is 26.0 Å². The Morgan fingerprint density at radius 1 is 1.06 bits per heavy atom. The summed E-state index contributed by atoms with van der Waals surface area (Å²) >= 11 is 0. The van der Waals surface area contributed by atoms with Crippen LogP contribution in [0.3, 0.4) is 0 Å². The van der Waals surface area contributed by atoms with Crippen molar-refractivity contribution in [2.75, 3.05) is 6.61 Å². The molecule has 31 heavy (non-hydrogen) atoms. The molecule has 0 bridgehead atoms. The smallest absolute Gasteiger partial charge is 0.349 e. The maximum atomic E-state index is 12.3. The Kier molecular flexibility index (Phi) is 7.07. The molecule has 0 aliphatic heterocycles. The third kappa shape index (κ3) is 5.72. The minimum absolute atomic E-state index is 0.0592. The van der Waals surface area contributed by atoms with Crippen LogP contribution in [0.4, 0.5) is 0 Å². The van der Waals surface area contributed by atoms with E-state index < -0.39 is 17.5 Å². The van der Waals surface area contributed by atoms with Gasteiger partial charge >= 0.3 is 11.6 Å². The van der Waals surface area contributed by atoms with Crippen molar-refractivity contribution in [3.8, 4) is 11.5 Å². The summed E-state index contributed by atoms with van der Waals surface area (Å²) in [5, 5.41) is 3.28. The zero-order valence-corrected chi connectivity index (χ0v) is 17.8. The number of carbonyl (C=O) groups is 2. The summed E-state index contributed by atoms with van der Waals surface area (Å²) in [7, 11) is 0. The molecular formula is C24H25NO6. The molecule has 0 saturated heterocycles. The lowest BCUT2D eigenvalue weighted by molar-refractivity contribution is -0.136. The zero-order valence-electron chi connectivity index (χ0n) is 17.8. The van der Waals surface area contributed by atoms with Gasteiger partial charge in [0, 0.05) is 17.5 Å². The third-order valence-electron chi connectivity index (χ3n) is 4.84. The Labute approximate surface area is 180 Å². The number of aryl methyl sites for hydroxylation is 1. The fraction of sp³-hybridized carbons (Fsp3) is 0.292. The molecule has 7 heteroatoms. The van der Waals surface area contributed by atoms with E-state index in [0.29, 0.717) is 11.1 Å². The molecule has 0 saturated carbocycles. The molecule has 0 aliphatic carbocycles. The molecule has 2 aromatic carbocycles. The highest BCUT2D eigenvalue weighted by atomic mass is 16.6. The van der Waals surface area contributed by atoms with Crippen molar-refractivity contribution in [2.45, 2.75) is 39.7 Å². The molecule has 0 spiro atoms. The van der Waals surface area contributed by atoms with Gasteiger partial charge in [0.1, 0.15) is 22.6 Å². The summed E-state index contributed by atoms with van der Waals surface area (Å²) < 4.78 is 16.0. The monoisotopic (exact) mass is 423 g/mol. The van der Waals surface area contributed by atoms with Gasteiger partial charge in [-0.3, -0.25) is 4.79 Å². The Hall–Kier alpha value is -3.61. The molecule has 1 unspecified atom stereocenters. The van der Waals surface area contributed by atoms with E-state index in [1.165, 1.54) is 12.1 Å². The summed E-state index contributed by atoms with van der Waals surface area (Å²) in [5.41, 5.74) is 0.496. The largest absolute Gasteiger partial charge is 0.482 e. The maximum absolute atomic E-state index is 12.3. The van der Waals surface area contributed by atoms with E-state index >= 15 is 0 Å². The molecule has 0 radical (unpaired) electrons. The number of rotatable bonds is 8. The Morgan fingerprint density at radius 3 is 2.61 bits per heavy atom. The fourth-order valence-electron chi connectivity index (χ4n) is 2.88. The average molecular weight is 423 g/mol. The second kappa shape index (κ2) is 9.93. The van der Waals surface area contributed by atoms with E-state index in [0.717, 1.165) is 18.4 Å². The summed E-state index contributed by atoms with van der Waals surface area (Å²) in [6.45, 7) is 5.56. The molecule has 1 heterocycles. The van der Waals surface area contributed by atoms with Gasteiger partial charge in [0.2, 0.25) is 0 Å².